The molecule has 0 aromatic carbocycles. The molecular weight excluding hydrogens is 282 g/mol. The minimum atomic E-state index is -0.479. The maximum Gasteiger partial charge on any atom is 0.410 e. The van der Waals surface area contributed by atoms with Crippen molar-refractivity contribution >= 4 is 11.8 Å². The van der Waals surface area contributed by atoms with E-state index >= 15 is 0 Å². The van der Waals surface area contributed by atoms with Crippen LogP contribution in [0.5, 0.6) is 5.88 Å². The largest absolute Gasteiger partial charge is 0.480 e. The van der Waals surface area contributed by atoms with Crippen molar-refractivity contribution < 1.29 is 14.3 Å². The number of piperidine rings is 1. The molecule has 1 aliphatic rings. The molecule has 0 saturated carbocycles. The summed E-state index contributed by atoms with van der Waals surface area (Å²) in [7, 11) is 1.55. The number of anilines is 1. The average Bonchev–Trinajstić information content (AvgIpc) is 2.46. The predicted octanol–water partition coefficient (Wildman–Crippen LogP) is 2.79. The zero-order chi connectivity index (χ0) is 16.3. The Morgan fingerprint density at radius 1 is 1.41 bits per heavy atom. The number of carbonyl (C=O) groups excluding carboxylic acids is 1. The molecule has 1 fully saturated rings. The van der Waals surface area contributed by atoms with E-state index in [0.717, 1.165) is 25.1 Å². The summed E-state index contributed by atoms with van der Waals surface area (Å²) in [5.41, 5.74) is 6.74. The fraction of sp³-hybridized carbons (Fsp3) is 0.625. The third kappa shape index (κ3) is 4.02. The van der Waals surface area contributed by atoms with E-state index in [1.54, 1.807) is 18.1 Å². The van der Waals surface area contributed by atoms with Gasteiger partial charge in [0.05, 0.1) is 12.8 Å². The molecule has 0 unspecified atom stereocenters. The summed E-state index contributed by atoms with van der Waals surface area (Å²) in [4.78, 5) is 18.4. The predicted molar refractivity (Wildman–Crippen MR) is 85.0 cm³/mol. The second kappa shape index (κ2) is 6.42. The average molecular weight is 307 g/mol. The van der Waals surface area contributed by atoms with E-state index in [2.05, 4.69) is 4.98 Å². The van der Waals surface area contributed by atoms with E-state index in [1.807, 2.05) is 26.8 Å². The molecule has 1 amide bonds. The SMILES string of the molecule is COc1nc([C@H]2CCCN(C(=O)OC(C)(C)C)C2)ccc1N. The fourth-order valence-corrected chi connectivity index (χ4v) is 2.57. The summed E-state index contributed by atoms with van der Waals surface area (Å²) in [5.74, 6) is 0.614. The van der Waals surface area contributed by atoms with Crippen molar-refractivity contribution in [3.8, 4) is 5.88 Å². The number of ether oxygens (including phenoxy) is 2. The summed E-state index contributed by atoms with van der Waals surface area (Å²) in [5, 5.41) is 0. The molecule has 0 bridgehead atoms. The fourth-order valence-electron chi connectivity index (χ4n) is 2.57. The number of nitrogens with zero attached hydrogens (tertiary/aromatic N) is 2. The van der Waals surface area contributed by atoms with E-state index < -0.39 is 5.60 Å². The molecule has 1 saturated heterocycles. The van der Waals surface area contributed by atoms with Crippen LogP contribution < -0.4 is 10.5 Å². The van der Waals surface area contributed by atoms with Crippen molar-refractivity contribution in [1.29, 1.82) is 0 Å². The van der Waals surface area contributed by atoms with Gasteiger partial charge in [0, 0.05) is 24.7 Å². The van der Waals surface area contributed by atoms with Crippen LogP contribution in [0.1, 0.15) is 45.2 Å². The first kappa shape index (κ1) is 16.4. The number of hydrogen-bond donors (Lipinski definition) is 1. The molecule has 0 aliphatic carbocycles. The minimum Gasteiger partial charge on any atom is -0.480 e. The van der Waals surface area contributed by atoms with Gasteiger partial charge >= 0.3 is 6.09 Å². The number of pyridine rings is 1. The molecule has 122 valence electrons. The first-order chi connectivity index (χ1) is 10.3. The van der Waals surface area contributed by atoms with Gasteiger partial charge in [-0.1, -0.05) is 0 Å². The van der Waals surface area contributed by atoms with Crippen molar-refractivity contribution in [1.82, 2.24) is 9.88 Å². The molecule has 6 heteroatoms. The highest BCUT2D eigenvalue weighted by Gasteiger charge is 2.29. The number of nitrogen functional groups attached to an aromatic ring is 1. The molecule has 0 radical (unpaired) electrons. The van der Waals surface area contributed by atoms with Crippen LogP contribution in [0.2, 0.25) is 0 Å². The monoisotopic (exact) mass is 307 g/mol. The lowest BCUT2D eigenvalue weighted by molar-refractivity contribution is 0.0197. The van der Waals surface area contributed by atoms with E-state index in [-0.39, 0.29) is 12.0 Å². The first-order valence-electron chi connectivity index (χ1n) is 7.58. The van der Waals surface area contributed by atoms with Crippen LogP contribution in [0.15, 0.2) is 12.1 Å². The maximum absolute atomic E-state index is 12.2. The first-order valence-corrected chi connectivity index (χ1v) is 7.58. The van der Waals surface area contributed by atoms with Crippen molar-refractivity contribution in [2.45, 2.75) is 45.1 Å². The summed E-state index contributed by atoms with van der Waals surface area (Å²) in [6, 6.07) is 3.70. The van der Waals surface area contributed by atoms with Crippen LogP contribution >= 0.6 is 0 Å². The molecule has 22 heavy (non-hydrogen) atoms. The third-order valence-electron chi connectivity index (χ3n) is 3.60. The van der Waals surface area contributed by atoms with Crippen LogP contribution in [0.4, 0.5) is 10.5 Å². The van der Waals surface area contributed by atoms with Crippen LogP contribution in [0.3, 0.4) is 0 Å². The lowest BCUT2D eigenvalue weighted by Crippen LogP contribution is -2.42. The number of aromatic nitrogens is 1. The van der Waals surface area contributed by atoms with Gasteiger partial charge in [-0.25, -0.2) is 9.78 Å². The number of rotatable bonds is 2. The number of hydrogen-bond acceptors (Lipinski definition) is 5. The van der Waals surface area contributed by atoms with Gasteiger partial charge < -0.3 is 20.1 Å². The van der Waals surface area contributed by atoms with Gasteiger partial charge in [-0.15, -0.1) is 0 Å². The van der Waals surface area contributed by atoms with Crippen LogP contribution in [-0.4, -0.2) is 41.8 Å². The topological polar surface area (TPSA) is 77.7 Å². The normalized spacial score (nSPS) is 18.9. The number of nitrogens with two attached hydrogens (primary N) is 1. The molecule has 2 heterocycles. The molecule has 2 N–H and O–H groups in total. The van der Waals surface area contributed by atoms with Crippen LogP contribution in [-0.2, 0) is 4.74 Å². The smallest absolute Gasteiger partial charge is 0.410 e. The Bertz CT molecular complexity index is 540. The second-order valence-electron chi connectivity index (χ2n) is 6.60. The zero-order valence-electron chi connectivity index (χ0n) is 13.8. The molecule has 1 atom stereocenters. The zero-order valence-corrected chi connectivity index (χ0v) is 13.8. The molecule has 1 aliphatic heterocycles. The van der Waals surface area contributed by atoms with E-state index in [4.69, 9.17) is 15.2 Å². The molecule has 6 nitrogen and oxygen atoms in total. The Balaban J connectivity index is 2.09. The number of amides is 1. The molecule has 2 rings (SSSR count). The maximum atomic E-state index is 12.2. The van der Waals surface area contributed by atoms with Crippen molar-refractivity contribution in [2.75, 3.05) is 25.9 Å². The van der Waals surface area contributed by atoms with E-state index in [1.165, 1.54) is 0 Å². The molecule has 0 spiro atoms. The summed E-state index contributed by atoms with van der Waals surface area (Å²) in [6.45, 7) is 6.95. The van der Waals surface area contributed by atoms with Gasteiger partial charge in [0.25, 0.3) is 0 Å². The molecular formula is C16H25N3O3. The summed E-state index contributed by atoms with van der Waals surface area (Å²) >= 11 is 0. The van der Waals surface area contributed by atoms with Crippen molar-refractivity contribution in [3.63, 3.8) is 0 Å². The minimum absolute atomic E-state index is 0.177. The number of likely N-dealkylation sites (tertiary alicyclic amines) is 1. The van der Waals surface area contributed by atoms with Crippen molar-refractivity contribution in [2.24, 2.45) is 0 Å². The van der Waals surface area contributed by atoms with E-state index in [9.17, 15) is 4.79 Å². The molecule has 1 aromatic heterocycles. The Labute approximate surface area is 131 Å². The lowest BCUT2D eigenvalue weighted by atomic mass is 9.94. The Morgan fingerprint density at radius 2 is 2.14 bits per heavy atom. The quantitative estimate of drug-likeness (QED) is 0.909. The number of carbonyl (C=O) groups is 1. The lowest BCUT2D eigenvalue weighted by Gasteiger charge is -2.34. The van der Waals surface area contributed by atoms with Gasteiger partial charge in [0.1, 0.15) is 5.60 Å². The number of methoxy groups -OCH3 is 1. The van der Waals surface area contributed by atoms with Gasteiger partial charge in [-0.2, -0.15) is 0 Å². The Kier molecular flexibility index (Phi) is 4.78. The van der Waals surface area contributed by atoms with E-state index in [0.29, 0.717) is 18.1 Å². The van der Waals surface area contributed by atoms with Gasteiger partial charge in [-0.05, 0) is 45.7 Å². The third-order valence-corrected chi connectivity index (χ3v) is 3.60. The van der Waals surface area contributed by atoms with Gasteiger partial charge in [0.15, 0.2) is 0 Å². The molecule has 1 aromatic rings. The highest BCUT2D eigenvalue weighted by Crippen LogP contribution is 2.29. The van der Waals surface area contributed by atoms with Crippen LogP contribution in [0.25, 0.3) is 0 Å². The summed E-state index contributed by atoms with van der Waals surface area (Å²) < 4.78 is 10.6. The second-order valence-corrected chi connectivity index (χ2v) is 6.60. The Morgan fingerprint density at radius 3 is 2.77 bits per heavy atom. The van der Waals surface area contributed by atoms with Gasteiger partial charge in [-0.3, -0.25) is 0 Å². The Hall–Kier alpha value is -1.98. The highest BCUT2D eigenvalue weighted by atomic mass is 16.6. The summed E-state index contributed by atoms with van der Waals surface area (Å²) in [6.07, 6.45) is 1.65. The van der Waals surface area contributed by atoms with Gasteiger partial charge in [0.2, 0.25) is 5.88 Å². The highest BCUT2D eigenvalue weighted by molar-refractivity contribution is 5.68. The van der Waals surface area contributed by atoms with Crippen LogP contribution in [0, 0.1) is 0 Å². The standard InChI is InChI=1S/C16H25N3O3/c1-16(2,3)22-15(20)19-9-5-6-11(10-19)13-8-7-12(17)14(18-13)21-4/h7-8,11H,5-6,9-10,17H2,1-4H3/t11-/m0/s1. The van der Waals surface area contributed by atoms with Crippen molar-refractivity contribution in [3.05, 3.63) is 17.8 Å².